The Labute approximate surface area is 224 Å². The summed E-state index contributed by atoms with van der Waals surface area (Å²) in [5.41, 5.74) is 5.26. The molecule has 6 nitrogen and oxygen atoms in total. The molecular weight excluding hydrogens is 476 g/mol. The lowest BCUT2D eigenvalue weighted by Gasteiger charge is -2.31. The van der Waals surface area contributed by atoms with Crippen LogP contribution < -0.4 is 14.8 Å². The molecule has 1 fully saturated rings. The number of ether oxygens (including phenoxy) is 2. The van der Waals surface area contributed by atoms with Gasteiger partial charge in [0.05, 0.1) is 0 Å². The van der Waals surface area contributed by atoms with Gasteiger partial charge in [0.25, 0.3) is 5.91 Å². The first-order chi connectivity index (χ1) is 18.3. The molecule has 3 atom stereocenters. The number of hydrogen-bond acceptors (Lipinski definition) is 5. The summed E-state index contributed by atoms with van der Waals surface area (Å²) in [5.74, 6) is 2.34. The van der Waals surface area contributed by atoms with Gasteiger partial charge < -0.3 is 19.9 Å². The Morgan fingerprint density at radius 1 is 1.16 bits per heavy atom. The molecule has 0 aliphatic carbocycles. The van der Waals surface area contributed by atoms with Gasteiger partial charge in [0, 0.05) is 36.3 Å². The normalized spacial score (nSPS) is 20.0. The van der Waals surface area contributed by atoms with Gasteiger partial charge >= 0.3 is 0 Å². The highest BCUT2D eigenvalue weighted by Crippen LogP contribution is 2.47. The van der Waals surface area contributed by atoms with Gasteiger partial charge in [0.15, 0.2) is 0 Å². The number of rotatable bonds is 7. The topological polar surface area (TPSA) is 71.0 Å². The van der Waals surface area contributed by atoms with E-state index in [4.69, 9.17) is 9.47 Å². The van der Waals surface area contributed by atoms with Crippen LogP contribution in [0.2, 0.25) is 0 Å². The Bertz CT molecular complexity index is 1350. The third-order valence-electron chi connectivity index (χ3n) is 7.69. The number of allylic oxidation sites excluding steroid dienone is 1. The number of likely N-dealkylation sites (tertiary alicyclic amines) is 1. The molecule has 2 aliphatic heterocycles. The summed E-state index contributed by atoms with van der Waals surface area (Å²) in [6.07, 6.45) is 0.871. The molecule has 1 saturated heterocycles. The number of nitrogens with zero attached hydrogens (tertiary/aromatic N) is 1. The summed E-state index contributed by atoms with van der Waals surface area (Å²) in [5, 5.41) is 12.8. The number of amides is 1. The van der Waals surface area contributed by atoms with Crippen molar-refractivity contribution in [2.24, 2.45) is 5.92 Å². The van der Waals surface area contributed by atoms with Crippen molar-refractivity contribution in [1.29, 1.82) is 0 Å². The monoisotopic (exact) mass is 512 g/mol. The van der Waals surface area contributed by atoms with E-state index in [-0.39, 0.29) is 17.8 Å². The first-order valence-corrected chi connectivity index (χ1v) is 13.3. The van der Waals surface area contributed by atoms with Crippen LogP contribution in [0.15, 0.2) is 66.7 Å². The maximum absolute atomic E-state index is 12.4. The Hall–Kier alpha value is -3.77. The van der Waals surface area contributed by atoms with Crippen molar-refractivity contribution in [1.82, 2.24) is 10.2 Å². The molecule has 3 aromatic rings. The number of carbonyl (C=O) groups is 1. The number of benzene rings is 3. The summed E-state index contributed by atoms with van der Waals surface area (Å²) in [6, 6.07) is 21.2. The Morgan fingerprint density at radius 2 is 1.95 bits per heavy atom. The van der Waals surface area contributed by atoms with Crippen molar-refractivity contribution in [3.63, 3.8) is 0 Å². The van der Waals surface area contributed by atoms with E-state index in [0.717, 1.165) is 52.6 Å². The highest BCUT2D eigenvalue weighted by molar-refractivity contribution is 5.99. The van der Waals surface area contributed by atoms with E-state index in [1.807, 2.05) is 49.4 Å². The molecule has 2 heterocycles. The zero-order valence-corrected chi connectivity index (χ0v) is 22.5. The SMILES string of the molecule is CNC(=O)c1cccc(C2=C(C)c3cc(O)ccc3OC2c2ccc(OCC(C)N3CCC(C)C3)cc2)c1. The van der Waals surface area contributed by atoms with Crippen molar-refractivity contribution in [3.05, 3.63) is 89.0 Å². The maximum Gasteiger partial charge on any atom is 0.251 e. The fraction of sp³-hybridized carbons (Fsp3) is 0.344. The molecule has 2 N–H and O–H groups in total. The molecular formula is C32H36N2O4. The van der Waals surface area contributed by atoms with E-state index in [2.05, 4.69) is 24.1 Å². The van der Waals surface area contributed by atoms with Crippen LogP contribution in [-0.2, 0) is 0 Å². The Morgan fingerprint density at radius 3 is 2.66 bits per heavy atom. The minimum Gasteiger partial charge on any atom is -0.508 e. The van der Waals surface area contributed by atoms with Crippen LogP contribution in [0.3, 0.4) is 0 Å². The van der Waals surface area contributed by atoms with Crippen LogP contribution in [0.5, 0.6) is 17.2 Å². The summed E-state index contributed by atoms with van der Waals surface area (Å²) < 4.78 is 12.7. The lowest BCUT2D eigenvalue weighted by molar-refractivity contribution is 0.0963. The Balaban J connectivity index is 1.44. The van der Waals surface area contributed by atoms with Gasteiger partial charge in [-0.25, -0.2) is 0 Å². The average molecular weight is 513 g/mol. The second kappa shape index (κ2) is 10.9. The molecule has 0 bridgehead atoms. The van der Waals surface area contributed by atoms with Crippen molar-refractivity contribution >= 4 is 17.1 Å². The number of carbonyl (C=O) groups excluding carboxylic acids is 1. The predicted octanol–water partition coefficient (Wildman–Crippen LogP) is 5.93. The van der Waals surface area contributed by atoms with Gasteiger partial charge in [-0.15, -0.1) is 0 Å². The van der Waals surface area contributed by atoms with Crippen LogP contribution in [0.1, 0.15) is 60.3 Å². The highest BCUT2D eigenvalue weighted by atomic mass is 16.5. The average Bonchev–Trinajstić information content (AvgIpc) is 3.38. The minimum absolute atomic E-state index is 0.143. The lowest BCUT2D eigenvalue weighted by atomic mass is 9.85. The van der Waals surface area contributed by atoms with Crippen molar-refractivity contribution in [3.8, 4) is 17.2 Å². The first kappa shape index (κ1) is 25.9. The van der Waals surface area contributed by atoms with Crippen molar-refractivity contribution in [2.75, 3.05) is 26.7 Å². The van der Waals surface area contributed by atoms with Gasteiger partial charge in [-0.2, -0.15) is 0 Å². The molecule has 0 spiro atoms. The smallest absolute Gasteiger partial charge is 0.251 e. The maximum atomic E-state index is 12.4. The van der Waals surface area contributed by atoms with E-state index < -0.39 is 0 Å². The van der Waals surface area contributed by atoms with E-state index in [1.165, 1.54) is 6.42 Å². The molecule has 3 unspecified atom stereocenters. The predicted molar refractivity (Wildman–Crippen MR) is 151 cm³/mol. The standard InChI is InChI=1S/C32H36N2O4/c1-20-14-15-34(18-20)21(2)19-37-27-11-8-23(9-12-27)31-30(24-6-5-7-25(16-24)32(36)33-4)22(3)28-17-26(35)10-13-29(28)38-31/h5-13,16-17,20-21,31,35H,14-15,18-19H2,1-4H3,(H,33,36). The zero-order chi connectivity index (χ0) is 26.8. The quantitative estimate of drug-likeness (QED) is 0.411. The molecule has 0 aromatic heterocycles. The van der Waals surface area contributed by atoms with Gasteiger partial charge in [-0.3, -0.25) is 9.69 Å². The van der Waals surface area contributed by atoms with Crippen LogP contribution in [0, 0.1) is 5.92 Å². The summed E-state index contributed by atoms with van der Waals surface area (Å²) in [7, 11) is 1.63. The van der Waals surface area contributed by atoms with Gasteiger partial charge in [-0.1, -0.05) is 31.2 Å². The van der Waals surface area contributed by atoms with Gasteiger partial charge in [0.1, 0.15) is 30.0 Å². The molecule has 1 amide bonds. The second-order valence-corrected chi connectivity index (χ2v) is 10.5. The van der Waals surface area contributed by atoms with Gasteiger partial charge in [0.2, 0.25) is 0 Å². The van der Waals surface area contributed by atoms with Gasteiger partial charge in [-0.05, 0) is 91.9 Å². The third kappa shape index (κ3) is 5.27. The molecule has 0 saturated carbocycles. The molecule has 38 heavy (non-hydrogen) atoms. The highest BCUT2D eigenvalue weighted by Gasteiger charge is 2.30. The van der Waals surface area contributed by atoms with E-state index in [1.54, 1.807) is 31.3 Å². The molecule has 0 radical (unpaired) electrons. The van der Waals surface area contributed by atoms with Crippen LogP contribution in [0.25, 0.3) is 11.1 Å². The van der Waals surface area contributed by atoms with Crippen molar-refractivity contribution < 1.29 is 19.4 Å². The minimum atomic E-state index is -0.383. The summed E-state index contributed by atoms with van der Waals surface area (Å²) in [4.78, 5) is 14.9. The van der Waals surface area contributed by atoms with Crippen molar-refractivity contribution in [2.45, 2.75) is 39.3 Å². The number of nitrogens with one attached hydrogen (secondary N) is 1. The molecule has 2 aliphatic rings. The molecule has 5 rings (SSSR count). The molecule has 198 valence electrons. The first-order valence-electron chi connectivity index (χ1n) is 13.3. The van der Waals surface area contributed by atoms with E-state index >= 15 is 0 Å². The largest absolute Gasteiger partial charge is 0.508 e. The van der Waals surface area contributed by atoms with Crippen LogP contribution >= 0.6 is 0 Å². The molecule has 3 aromatic carbocycles. The number of phenolic OH excluding ortho intramolecular Hbond substituents is 1. The zero-order valence-electron chi connectivity index (χ0n) is 22.5. The van der Waals surface area contributed by atoms with E-state index in [0.29, 0.717) is 24.0 Å². The Kier molecular flexibility index (Phi) is 7.43. The fourth-order valence-corrected chi connectivity index (χ4v) is 5.45. The summed E-state index contributed by atoms with van der Waals surface area (Å²) >= 11 is 0. The number of hydrogen-bond donors (Lipinski definition) is 2. The summed E-state index contributed by atoms with van der Waals surface area (Å²) in [6.45, 7) is 9.49. The number of fused-ring (bicyclic) bond motifs is 1. The fourth-order valence-electron chi connectivity index (χ4n) is 5.45. The van der Waals surface area contributed by atoms with Crippen LogP contribution in [-0.4, -0.2) is 48.7 Å². The van der Waals surface area contributed by atoms with Crippen LogP contribution in [0.4, 0.5) is 0 Å². The van der Waals surface area contributed by atoms with E-state index in [9.17, 15) is 9.90 Å². The lowest BCUT2D eigenvalue weighted by Crippen LogP contribution is -2.35. The molecule has 6 heteroatoms. The number of phenols is 1. The number of aromatic hydroxyl groups is 1. The second-order valence-electron chi connectivity index (χ2n) is 10.5. The third-order valence-corrected chi connectivity index (χ3v) is 7.69.